The van der Waals surface area contributed by atoms with Crippen molar-refractivity contribution >= 4 is 5.97 Å². The molecule has 10 atom stereocenters. The lowest BCUT2D eigenvalue weighted by Gasteiger charge is -2.62. The van der Waals surface area contributed by atoms with Crippen molar-refractivity contribution in [2.24, 2.45) is 52.3 Å². The molecule has 0 amide bonds. The summed E-state index contributed by atoms with van der Waals surface area (Å²) in [4.78, 5) is 11.5. The van der Waals surface area contributed by atoms with Gasteiger partial charge in [0.05, 0.1) is 6.10 Å². The van der Waals surface area contributed by atoms with Crippen LogP contribution < -0.4 is 0 Å². The molecular weight excluding hydrogens is 396 g/mol. The van der Waals surface area contributed by atoms with E-state index in [1.807, 2.05) is 0 Å². The molecule has 3 heteroatoms. The third-order valence-corrected chi connectivity index (χ3v) is 11.2. The van der Waals surface area contributed by atoms with E-state index in [0.29, 0.717) is 34.5 Å². The number of hydrogen-bond acceptors (Lipinski definition) is 3. The Morgan fingerprint density at radius 3 is 2.34 bits per heavy atom. The lowest BCUT2D eigenvalue weighted by molar-refractivity contribution is -0.182. The molecular formula is C29H50O3. The van der Waals surface area contributed by atoms with Crippen molar-refractivity contribution in [2.75, 3.05) is 0 Å². The Balaban J connectivity index is 1.48. The summed E-state index contributed by atoms with van der Waals surface area (Å²) in [6, 6.07) is 0. The molecule has 4 rings (SSSR count). The van der Waals surface area contributed by atoms with Crippen molar-refractivity contribution in [3.05, 3.63) is 0 Å². The Morgan fingerprint density at radius 2 is 1.66 bits per heavy atom. The summed E-state index contributed by atoms with van der Waals surface area (Å²) in [5.41, 5.74) is 0.723. The zero-order valence-electron chi connectivity index (χ0n) is 21.7. The molecule has 0 spiro atoms. The van der Waals surface area contributed by atoms with Crippen LogP contribution in [0.3, 0.4) is 0 Å². The SMILES string of the molecule is CC(=O)O[C@@H]1CC[C@]2(C)C3CC[C@@]4(C)C(CC[C@@H]4[C@H](C)CCCC(C)C)C3[C@H](O)C[C@H]2C1. The summed E-state index contributed by atoms with van der Waals surface area (Å²) in [5, 5.41) is 11.5. The van der Waals surface area contributed by atoms with Gasteiger partial charge in [-0.3, -0.25) is 4.79 Å². The molecule has 32 heavy (non-hydrogen) atoms. The topological polar surface area (TPSA) is 46.5 Å². The lowest BCUT2D eigenvalue weighted by Crippen LogP contribution is -2.58. The highest BCUT2D eigenvalue weighted by Gasteiger charge is 2.63. The van der Waals surface area contributed by atoms with Crippen LogP contribution in [0.15, 0.2) is 0 Å². The number of ether oxygens (including phenoxy) is 1. The minimum absolute atomic E-state index is 0.0609. The van der Waals surface area contributed by atoms with Gasteiger partial charge in [0.25, 0.3) is 0 Å². The van der Waals surface area contributed by atoms with Gasteiger partial charge in [-0.25, -0.2) is 0 Å². The number of aliphatic hydroxyl groups is 1. The van der Waals surface area contributed by atoms with Crippen LogP contribution >= 0.6 is 0 Å². The second-order valence-electron chi connectivity index (χ2n) is 13.3. The average Bonchev–Trinajstić information content (AvgIpc) is 3.05. The van der Waals surface area contributed by atoms with Crippen LogP contribution in [0.1, 0.15) is 112 Å². The van der Waals surface area contributed by atoms with Gasteiger partial charge in [-0.05, 0) is 104 Å². The van der Waals surface area contributed by atoms with Gasteiger partial charge in [0.1, 0.15) is 6.10 Å². The average molecular weight is 447 g/mol. The van der Waals surface area contributed by atoms with Gasteiger partial charge in [0.2, 0.25) is 0 Å². The third-order valence-electron chi connectivity index (χ3n) is 11.2. The third kappa shape index (κ3) is 4.29. The van der Waals surface area contributed by atoms with Crippen molar-refractivity contribution in [1.82, 2.24) is 0 Å². The first-order valence-electron chi connectivity index (χ1n) is 13.9. The maximum Gasteiger partial charge on any atom is 0.302 e. The van der Waals surface area contributed by atoms with Crippen LogP contribution in [0.4, 0.5) is 0 Å². The quantitative estimate of drug-likeness (QED) is 0.446. The van der Waals surface area contributed by atoms with E-state index in [0.717, 1.165) is 43.4 Å². The Morgan fingerprint density at radius 1 is 0.969 bits per heavy atom. The van der Waals surface area contributed by atoms with Gasteiger partial charge in [-0.1, -0.05) is 53.9 Å². The van der Waals surface area contributed by atoms with Crippen LogP contribution in [0, 0.1) is 52.3 Å². The van der Waals surface area contributed by atoms with Crippen molar-refractivity contribution in [3.8, 4) is 0 Å². The first kappa shape index (κ1) is 24.6. The van der Waals surface area contributed by atoms with E-state index in [-0.39, 0.29) is 18.2 Å². The first-order chi connectivity index (χ1) is 15.1. The minimum atomic E-state index is -0.172. The summed E-state index contributed by atoms with van der Waals surface area (Å²) in [6.07, 6.45) is 13.3. The fraction of sp³-hybridized carbons (Fsp3) is 0.966. The molecule has 4 aliphatic rings. The molecule has 0 aromatic carbocycles. The zero-order valence-corrected chi connectivity index (χ0v) is 21.7. The number of carbonyl (C=O) groups excluding carboxylic acids is 1. The highest BCUT2D eigenvalue weighted by atomic mass is 16.5. The zero-order chi connectivity index (χ0) is 23.3. The molecule has 4 aliphatic carbocycles. The first-order valence-corrected chi connectivity index (χ1v) is 13.9. The van der Waals surface area contributed by atoms with Gasteiger partial charge in [0, 0.05) is 6.92 Å². The van der Waals surface area contributed by atoms with E-state index in [1.54, 1.807) is 0 Å². The van der Waals surface area contributed by atoms with Gasteiger partial charge in [-0.15, -0.1) is 0 Å². The largest absolute Gasteiger partial charge is 0.463 e. The number of aliphatic hydroxyl groups excluding tert-OH is 1. The number of esters is 1. The van der Waals surface area contributed by atoms with Gasteiger partial charge >= 0.3 is 5.97 Å². The molecule has 0 heterocycles. The second-order valence-corrected chi connectivity index (χ2v) is 13.3. The predicted octanol–water partition coefficient (Wildman–Crippen LogP) is 7.01. The summed E-state index contributed by atoms with van der Waals surface area (Å²) in [5.74, 6) is 4.61. The summed E-state index contributed by atoms with van der Waals surface area (Å²) in [7, 11) is 0. The number of carbonyl (C=O) groups is 1. The Hall–Kier alpha value is -0.570. The van der Waals surface area contributed by atoms with E-state index in [2.05, 4.69) is 34.6 Å². The second kappa shape index (κ2) is 9.23. The van der Waals surface area contributed by atoms with Crippen LogP contribution in [0.2, 0.25) is 0 Å². The standard InChI is InChI=1S/C29H50O3/c1-18(2)8-7-9-19(3)23-10-11-24-27-25(13-15-29(23,24)6)28(5)14-12-22(32-20(4)30)16-21(28)17-26(27)31/h18-19,21-27,31H,7-17H2,1-6H3/t19-,21-,22-,23-,24?,25?,26-,27?,28+,29-/m1/s1. The number of fused-ring (bicyclic) bond motifs is 5. The maximum atomic E-state index is 11.5. The molecule has 4 saturated carbocycles. The normalized spacial score (nSPS) is 46.8. The number of rotatable bonds is 6. The molecule has 0 aromatic rings. The molecule has 0 aromatic heterocycles. The van der Waals surface area contributed by atoms with Gasteiger partial charge < -0.3 is 9.84 Å². The van der Waals surface area contributed by atoms with Gasteiger partial charge in [0.15, 0.2) is 0 Å². The molecule has 1 N–H and O–H groups in total. The fourth-order valence-electron chi connectivity index (χ4n) is 9.55. The van der Waals surface area contributed by atoms with E-state index in [9.17, 15) is 9.90 Å². The van der Waals surface area contributed by atoms with Crippen molar-refractivity contribution in [1.29, 1.82) is 0 Å². The Kier molecular flexibility index (Phi) is 7.08. The summed E-state index contributed by atoms with van der Waals surface area (Å²) < 4.78 is 5.61. The van der Waals surface area contributed by atoms with Crippen molar-refractivity contribution < 1.29 is 14.6 Å². The Bertz CT molecular complexity index is 673. The predicted molar refractivity (Wildman–Crippen MR) is 130 cm³/mol. The molecule has 0 aliphatic heterocycles. The van der Waals surface area contributed by atoms with E-state index in [4.69, 9.17) is 4.74 Å². The van der Waals surface area contributed by atoms with Crippen molar-refractivity contribution in [3.63, 3.8) is 0 Å². The highest BCUT2D eigenvalue weighted by molar-refractivity contribution is 5.66. The Labute approximate surface area is 197 Å². The van der Waals surface area contributed by atoms with E-state index < -0.39 is 0 Å². The lowest BCUT2D eigenvalue weighted by atomic mass is 9.43. The van der Waals surface area contributed by atoms with Crippen LogP contribution in [-0.2, 0) is 9.53 Å². The highest BCUT2D eigenvalue weighted by Crippen LogP contribution is 2.68. The van der Waals surface area contributed by atoms with Crippen LogP contribution in [0.25, 0.3) is 0 Å². The van der Waals surface area contributed by atoms with Gasteiger partial charge in [-0.2, -0.15) is 0 Å². The van der Waals surface area contributed by atoms with Crippen molar-refractivity contribution in [2.45, 2.75) is 124 Å². The molecule has 0 bridgehead atoms. The molecule has 3 nitrogen and oxygen atoms in total. The van der Waals surface area contributed by atoms with Crippen LogP contribution in [0.5, 0.6) is 0 Å². The van der Waals surface area contributed by atoms with Crippen LogP contribution in [-0.4, -0.2) is 23.3 Å². The molecule has 0 saturated heterocycles. The molecule has 0 radical (unpaired) electrons. The fourth-order valence-corrected chi connectivity index (χ4v) is 9.55. The summed E-state index contributed by atoms with van der Waals surface area (Å²) >= 11 is 0. The molecule has 3 unspecified atom stereocenters. The van der Waals surface area contributed by atoms with E-state index >= 15 is 0 Å². The molecule has 4 fully saturated rings. The summed E-state index contributed by atoms with van der Waals surface area (Å²) in [6.45, 7) is 13.9. The number of hydrogen-bond donors (Lipinski definition) is 1. The smallest absolute Gasteiger partial charge is 0.302 e. The van der Waals surface area contributed by atoms with E-state index in [1.165, 1.54) is 51.9 Å². The maximum absolute atomic E-state index is 11.5. The minimum Gasteiger partial charge on any atom is -0.463 e. The monoisotopic (exact) mass is 446 g/mol. The molecule has 184 valence electrons.